The fourth-order valence-corrected chi connectivity index (χ4v) is 2.03. The smallest absolute Gasteiger partial charge is 0.257 e. The maximum absolute atomic E-state index is 13.0. The van der Waals surface area contributed by atoms with Gasteiger partial charge in [0.05, 0.1) is 5.02 Å². The number of halogens is 2. The van der Waals surface area contributed by atoms with Crippen molar-refractivity contribution in [3.63, 3.8) is 0 Å². The highest BCUT2D eigenvalue weighted by Crippen LogP contribution is 2.23. The summed E-state index contributed by atoms with van der Waals surface area (Å²) in [5.41, 5.74) is 0. The number of benzene rings is 1. The lowest BCUT2D eigenvalue weighted by atomic mass is 10.3. The monoisotopic (exact) mass is 224 g/mol. The van der Waals surface area contributed by atoms with Gasteiger partial charge in [0.2, 0.25) is 0 Å². The Bertz CT molecular complexity index is 400. The minimum atomic E-state index is -4.04. The summed E-state index contributed by atoms with van der Waals surface area (Å²) in [6.45, 7) is 0. The second-order valence-electron chi connectivity index (χ2n) is 2.17. The van der Waals surface area contributed by atoms with E-state index in [1.54, 1.807) is 0 Å². The quantitative estimate of drug-likeness (QED) is 0.572. The molecule has 0 radical (unpaired) electrons. The molecule has 13 heavy (non-hydrogen) atoms. The van der Waals surface area contributed by atoms with Crippen LogP contribution in [-0.4, -0.2) is 8.42 Å². The molecule has 0 spiro atoms. The molecule has 1 aromatic carbocycles. The van der Waals surface area contributed by atoms with E-state index in [9.17, 15) is 12.8 Å². The highest BCUT2D eigenvalue weighted by molar-refractivity contribution is 7.89. The van der Waals surface area contributed by atoms with Crippen molar-refractivity contribution in [1.29, 1.82) is 0 Å². The van der Waals surface area contributed by atoms with Gasteiger partial charge in [-0.2, -0.15) is 0 Å². The van der Waals surface area contributed by atoms with Gasteiger partial charge in [-0.05, 0) is 12.1 Å². The van der Waals surface area contributed by atoms with E-state index in [4.69, 9.17) is 17.4 Å². The van der Waals surface area contributed by atoms with Crippen molar-refractivity contribution >= 4 is 21.6 Å². The Balaban J connectivity index is 3.46. The van der Waals surface area contributed by atoms with Gasteiger partial charge in [-0.1, -0.05) is 17.7 Å². The van der Waals surface area contributed by atoms with Crippen LogP contribution in [0.25, 0.3) is 0 Å². The molecule has 1 rings (SSSR count). The van der Waals surface area contributed by atoms with Crippen molar-refractivity contribution in [3.8, 4) is 0 Å². The first kappa shape index (κ1) is 10.4. The van der Waals surface area contributed by atoms with Gasteiger partial charge in [-0.3, -0.25) is 5.84 Å². The molecule has 0 aliphatic rings. The number of nitrogens with one attached hydrogen (secondary N) is 1. The molecule has 0 bridgehead atoms. The van der Waals surface area contributed by atoms with Crippen molar-refractivity contribution in [1.82, 2.24) is 4.83 Å². The lowest BCUT2D eigenvalue weighted by Crippen LogP contribution is -2.31. The molecule has 0 atom stereocenters. The highest BCUT2D eigenvalue weighted by Gasteiger charge is 2.20. The highest BCUT2D eigenvalue weighted by atomic mass is 35.5. The number of hydrazine groups is 1. The topological polar surface area (TPSA) is 72.2 Å². The van der Waals surface area contributed by atoms with Crippen molar-refractivity contribution in [3.05, 3.63) is 29.0 Å². The summed E-state index contributed by atoms with van der Waals surface area (Å²) in [6.07, 6.45) is 0. The standard InChI is InChI=1S/C6H6ClFN2O2S/c7-4-2-1-3-5(8)6(4)13(11,12)10-9/h1-3,10H,9H2. The Morgan fingerprint density at radius 3 is 2.54 bits per heavy atom. The molecule has 7 heteroatoms. The van der Waals surface area contributed by atoms with Gasteiger partial charge in [0, 0.05) is 0 Å². The lowest BCUT2D eigenvalue weighted by Gasteiger charge is -2.04. The first-order valence-corrected chi connectivity index (χ1v) is 5.01. The van der Waals surface area contributed by atoms with Gasteiger partial charge in [-0.25, -0.2) is 12.8 Å². The normalized spacial score (nSPS) is 11.6. The summed E-state index contributed by atoms with van der Waals surface area (Å²) in [7, 11) is -4.04. The Morgan fingerprint density at radius 1 is 1.46 bits per heavy atom. The summed E-state index contributed by atoms with van der Waals surface area (Å²) in [6, 6.07) is 3.54. The van der Waals surface area contributed by atoms with Gasteiger partial charge in [0.15, 0.2) is 0 Å². The molecule has 0 aliphatic heterocycles. The molecular weight excluding hydrogens is 219 g/mol. The molecule has 0 saturated heterocycles. The lowest BCUT2D eigenvalue weighted by molar-refractivity contribution is 0.559. The number of hydrogen-bond donors (Lipinski definition) is 2. The second kappa shape index (κ2) is 3.59. The SMILES string of the molecule is NNS(=O)(=O)c1c(F)cccc1Cl. The third-order valence-electron chi connectivity index (χ3n) is 1.34. The van der Waals surface area contributed by atoms with Crippen LogP contribution in [0.15, 0.2) is 23.1 Å². The van der Waals surface area contributed by atoms with Gasteiger partial charge < -0.3 is 0 Å². The average molecular weight is 225 g/mol. The number of sulfonamides is 1. The van der Waals surface area contributed by atoms with Gasteiger partial charge >= 0.3 is 0 Å². The van der Waals surface area contributed by atoms with Crippen molar-refractivity contribution in [2.45, 2.75) is 4.90 Å². The molecule has 72 valence electrons. The summed E-state index contributed by atoms with van der Waals surface area (Å²) < 4.78 is 35.1. The fourth-order valence-electron chi connectivity index (χ4n) is 0.798. The minimum Gasteiger partial charge on any atom is -0.257 e. The van der Waals surface area contributed by atoms with Gasteiger partial charge in [0.25, 0.3) is 10.0 Å². The van der Waals surface area contributed by atoms with Crippen LogP contribution >= 0.6 is 11.6 Å². The van der Waals surface area contributed by atoms with Crippen LogP contribution in [0.2, 0.25) is 5.02 Å². The van der Waals surface area contributed by atoms with Crippen molar-refractivity contribution in [2.24, 2.45) is 5.84 Å². The van der Waals surface area contributed by atoms with E-state index in [0.29, 0.717) is 0 Å². The van der Waals surface area contributed by atoms with Crippen LogP contribution in [0, 0.1) is 5.82 Å². The molecule has 0 heterocycles. The van der Waals surface area contributed by atoms with E-state index < -0.39 is 20.7 Å². The Hall–Kier alpha value is -0.690. The molecule has 3 N–H and O–H groups in total. The second-order valence-corrected chi connectivity index (χ2v) is 4.23. The van der Waals surface area contributed by atoms with Crippen LogP contribution < -0.4 is 10.7 Å². The van der Waals surface area contributed by atoms with Crippen LogP contribution in [0.4, 0.5) is 4.39 Å². The molecule has 4 nitrogen and oxygen atoms in total. The first-order chi connectivity index (χ1) is 5.99. The van der Waals surface area contributed by atoms with Crippen LogP contribution in [-0.2, 0) is 10.0 Å². The van der Waals surface area contributed by atoms with Crippen LogP contribution in [0.5, 0.6) is 0 Å². The molecule has 0 aromatic heterocycles. The van der Waals surface area contributed by atoms with E-state index in [1.807, 2.05) is 0 Å². The maximum atomic E-state index is 13.0. The number of hydrogen-bond acceptors (Lipinski definition) is 3. The summed E-state index contributed by atoms with van der Waals surface area (Å²) in [4.78, 5) is 0.847. The first-order valence-electron chi connectivity index (χ1n) is 3.15. The predicted octanol–water partition coefficient (Wildman–Crippen LogP) is 0.631. The summed E-state index contributed by atoms with van der Waals surface area (Å²) in [5.74, 6) is 3.77. The van der Waals surface area contributed by atoms with Crippen LogP contribution in [0.3, 0.4) is 0 Å². The largest absolute Gasteiger partial charge is 0.257 e. The van der Waals surface area contributed by atoms with Gasteiger partial charge in [0.1, 0.15) is 10.7 Å². The predicted molar refractivity (Wildman–Crippen MR) is 45.9 cm³/mol. The van der Waals surface area contributed by atoms with Crippen molar-refractivity contribution < 1.29 is 12.8 Å². The molecule has 0 aliphatic carbocycles. The summed E-state index contributed by atoms with van der Waals surface area (Å²) >= 11 is 5.48. The minimum absolute atomic E-state index is 0.210. The zero-order valence-corrected chi connectivity index (χ0v) is 7.86. The maximum Gasteiger partial charge on any atom is 0.257 e. The van der Waals surface area contributed by atoms with E-state index in [1.165, 1.54) is 17.0 Å². The van der Waals surface area contributed by atoms with Crippen LogP contribution in [0.1, 0.15) is 0 Å². The van der Waals surface area contributed by atoms with E-state index in [0.717, 1.165) is 6.07 Å². The zero-order chi connectivity index (χ0) is 10.1. The molecule has 0 fully saturated rings. The molecule has 1 aromatic rings. The van der Waals surface area contributed by atoms with E-state index >= 15 is 0 Å². The number of rotatable bonds is 2. The molecule has 0 saturated carbocycles. The molecule has 0 unspecified atom stereocenters. The average Bonchev–Trinajstić information content (AvgIpc) is 2.03. The molecule has 0 amide bonds. The Labute approximate surface area is 79.5 Å². The van der Waals surface area contributed by atoms with E-state index in [-0.39, 0.29) is 5.02 Å². The van der Waals surface area contributed by atoms with Crippen molar-refractivity contribution in [2.75, 3.05) is 0 Å². The Kier molecular flexibility index (Phi) is 2.87. The third-order valence-corrected chi connectivity index (χ3v) is 3.03. The Morgan fingerprint density at radius 2 is 2.08 bits per heavy atom. The third kappa shape index (κ3) is 1.97. The zero-order valence-electron chi connectivity index (χ0n) is 6.29. The summed E-state index contributed by atoms with van der Waals surface area (Å²) in [5, 5.41) is -0.210. The van der Waals surface area contributed by atoms with E-state index in [2.05, 4.69) is 0 Å². The fraction of sp³-hybridized carbons (Fsp3) is 0. The van der Waals surface area contributed by atoms with Gasteiger partial charge in [-0.15, -0.1) is 4.83 Å². The number of nitrogens with two attached hydrogens (primary N) is 1. The molecular formula is C6H6ClFN2O2S.